The third-order valence-corrected chi connectivity index (χ3v) is 8.59. The molecule has 0 spiro atoms. The zero-order valence-electron chi connectivity index (χ0n) is 19.7. The van der Waals surface area contributed by atoms with Crippen LogP contribution in [0.3, 0.4) is 0 Å². The molecule has 1 aliphatic heterocycles. The minimum Gasteiger partial charge on any atom is -0.497 e. The lowest BCUT2D eigenvalue weighted by atomic mass is 10.3. The Kier molecular flexibility index (Phi) is 9.52. The van der Waals surface area contributed by atoms with Gasteiger partial charge in [-0.25, -0.2) is 4.98 Å². The molecule has 0 saturated carbocycles. The zero-order valence-corrected chi connectivity index (χ0v) is 22.1. The van der Waals surface area contributed by atoms with Gasteiger partial charge >= 0.3 is 0 Å². The van der Waals surface area contributed by atoms with Gasteiger partial charge in [0, 0.05) is 42.4 Å². The average Bonchev–Trinajstić information content (AvgIpc) is 3.30. The second-order valence-electron chi connectivity index (χ2n) is 7.96. The van der Waals surface area contributed by atoms with Gasteiger partial charge in [-0.3, -0.25) is 14.6 Å². The number of amides is 1. The number of anilines is 1. The van der Waals surface area contributed by atoms with Crippen molar-refractivity contribution in [3.8, 4) is 5.75 Å². The number of thioether (sulfide) groups is 2. The molecule has 0 bridgehead atoms. The number of rotatable bonds is 11. The molecule has 0 atom stereocenters. The molecule has 1 aromatic heterocycles. The smallest absolute Gasteiger partial charge is 0.228 e. The highest BCUT2D eigenvalue weighted by molar-refractivity contribution is 7.99. The van der Waals surface area contributed by atoms with E-state index < -0.39 is 0 Å². The molecule has 1 fully saturated rings. The van der Waals surface area contributed by atoms with Crippen molar-refractivity contribution in [2.75, 3.05) is 63.4 Å². The molecular formula is C25H31N3O3S3. The van der Waals surface area contributed by atoms with E-state index in [1.807, 2.05) is 17.0 Å². The molecule has 0 unspecified atom stereocenters. The highest BCUT2D eigenvalue weighted by Gasteiger charge is 2.21. The quantitative estimate of drug-likeness (QED) is 0.254. The maximum atomic E-state index is 13.3. The van der Waals surface area contributed by atoms with Gasteiger partial charge in [-0.2, -0.15) is 0 Å². The van der Waals surface area contributed by atoms with Crippen molar-refractivity contribution in [2.45, 2.75) is 22.6 Å². The Balaban J connectivity index is 1.39. The SMILES string of the molecule is COc1ccc(SCCCC(=O)N(CCN2CCOCC2)c2nc3ccc(SC)cc3s2)cc1. The number of aromatic nitrogens is 1. The molecule has 1 saturated heterocycles. The van der Waals surface area contributed by atoms with E-state index in [0.29, 0.717) is 13.0 Å². The predicted octanol–water partition coefficient (Wildman–Crippen LogP) is 5.26. The molecule has 0 aliphatic carbocycles. The van der Waals surface area contributed by atoms with Crippen LogP contribution >= 0.6 is 34.9 Å². The second-order valence-corrected chi connectivity index (χ2v) is 11.0. The van der Waals surface area contributed by atoms with E-state index in [0.717, 1.165) is 66.1 Å². The van der Waals surface area contributed by atoms with Crippen LogP contribution in [-0.2, 0) is 9.53 Å². The Hall–Kier alpha value is -1.78. The Bertz CT molecular complexity index is 1070. The van der Waals surface area contributed by atoms with Crippen LogP contribution in [-0.4, -0.2) is 74.3 Å². The first-order valence-corrected chi connectivity index (χ1v) is 14.5. The molecule has 1 aliphatic rings. The summed E-state index contributed by atoms with van der Waals surface area (Å²) < 4.78 is 11.8. The summed E-state index contributed by atoms with van der Waals surface area (Å²) >= 11 is 5.10. The lowest BCUT2D eigenvalue weighted by Crippen LogP contribution is -2.43. The third kappa shape index (κ3) is 6.88. The van der Waals surface area contributed by atoms with E-state index in [-0.39, 0.29) is 5.91 Å². The van der Waals surface area contributed by atoms with Gasteiger partial charge in [0.25, 0.3) is 0 Å². The summed E-state index contributed by atoms with van der Waals surface area (Å²) in [6.45, 7) is 4.83. The van der Waals surface area contributed by atoms with E-state index in [1.165, 1.54) is 9.79 Å². The molecule has 2 heterocycles. The fraction of sp³-hybridized carbons (Fsp3) is 0.440. The summed E-state index contributed by atoms with van der Waals surface area (Å²) in [4.78, 5) is 24.8. The van der Waals surface area contributed by atoms with Crippen LogP contribution in [0.25, 0.3) is 10.2 Å². The van der Waals surface area contributed by atoms with Crippen molar-refractivity contribution in [3.63, 3.8) is 0 Å². The molecular weight excluding hydrogens is 486 g/mol. The summed E-state index contributed by atoms with van der Waals surface area (Å²) in [7, 11) is 1.67. The van der Waals surface area contributed by atoms with Gasteiger partial charge in [0.05, 0.1) is 30.5 Å². The molecule has 0 N–H and O–H groups in total. The number of hydrogen-bond acceptors (Lipinski definition) is 8. The highest BCUT2D eigenvalue weighted by atomic mass is 32.2. The van der Waals surface area contributed by atoms with Crippen molar-refractivity contribution in [1.82, 2.24) is 9.88 Å². The third-order valence-electron chi connectivity index (χ3n) is 5.72. The van der Waals surface area contributed by atoms with Crippen LogP contribution in [0.2, 0.25) is 0 Å². The van der Waals surface area contributed by atoms with Gasteiger partial charge in [-0.05, 0) is 60.9 Å². The average molecular weight is 518 g/mol. The molecule has 6 nitrogen and oxygen atoms in total. The number of morpholine rings is 1. The van der Waals surface area contributed by atoms with Crippen molar-refractivity contribution >= 4 is 56.1 Å². The standard InChI is InChI=1S/C25H31N3O3S3/c1-30-19-5-7-20(8-6-19)33-17-3-4-24(29)28(12-11-27-13-15-31-16-14-27)25-26-22-10-9-21(32-2)18-23(22)34-25/h5-10,18H,3-4,11-17H2,1-2H3. The number of nitrogens with zero attached hydrogens (tertiary/aromatic N) is 3. The summed E-state index contributed by atoms with van der Waals surface area (Å²) in [6.07, 6.45) is 3.41. The van der Waals surface area contributed by atoms with Crippen LogP contribution in [0.5, 0.6) is 5.75 Å². The Labute approximate surface area is 214 Å². The Morgan fingerprint density at radius 1 is 1.18 bits per heavy atom. The number of hydrogen-bond donors (Lipinski definition) is 0. The first-order chi connectivity index (χ1) is 16.7. The van der Waals surface area contributed by atoms with E-state index in [9.17, 15) is 4.79 Å². The minimum absolute atomic E-state index is 0.146. The summed E-state index contributed by atoms with van der Waals surface area (Å²) in [5.41, 5.74) is 0.956. The van der Waals surface area contributed by atoms with Crippen LogP contribution in [0.1, 0.15) is 12.8 Å². The summed E-state index contributed by atoms with van der Waals surface area (Å²) in [6, 6.07) is 14.4. The maximum Gasteiger partial charge on any atom is 0.228 e. The number of thiazole rings is 1. The number of ether oxygens (including phenoxy) is 2. The number of fused-ring (bicyclic) bond motifs is 1. The second kappa shape index (κ2) is 12.8. The van der Waals surface area contributed by atoms with Gasteiger partial charge < -0.3 is 9.47 Å². The first-order valence-electron chi connectivity index (χ1n) is 11.5. The number of carbonyl (C=O) groups is 1. The first kappa shape index (κ1) is 25.3. The summed E-state index contributed by atoms with van der Waals surface area (Å²) in [5.74, 6) is 1.90. The van der Waals surface area contributed by atoms with E-state index in [2.05, 4.69) is 41.5 Å². The lowest BCUT2D eigenvalue weighted by Gasteiger charge is -2.29. The van der Waals surface area contributed by atoms with Crippen molar-refractivity contribution in [3.05, 3.63) is 42.5 Å². The summed E-state index contributed by atoms with van der Waals surface area (Å²) in [5, 5.41) is 0.800. The fourth-order valence-electron chi connectivity index (χ4n) is 3.75. The van der Waals surface area contributed by atoms with Crippen LogP contribution in [0, 0.1) is 0 Å². The minimum atomic E-state index is 0.146. The molecule has 9 heteroatoms. The van der Waals surface area contributed by atoms with E-state index in [1.54, 1.807) is 42.0 Å². The highest BCUT2D eigenvalue weighted by Crippen LogP contribution is 2.32. The van der Waals surface area contributed by atoms with Gasteiger partial charge in [-0.15, -0.1) is 23.5 Å². The van der Waals surface area contributed by atoms with E-state index in [4.69, 9.17) is 14.5 Å². The van der Waals surface area contributed by atoms with Crippen LogP contribution in [0.4, 0.5) is 5.13 Å². The molecule has 0 radical (unpaired) electrons. The molecule has 4 rings (SSSR count). The van der Waals surface area contributed by atoms with Crippen molar-refractivity contribution in [2.24, 2.45) is 0 Å². The number of carbonyl (C=O) groups excluding carboxylic acids is 1. The molecule has 2 aromatic carbocycles. The van der Waals surface area contributed by atoms with E-state index >= 15 is 0 Å². The fourth-order valence-corrected chi connectivity index (χ4v) is 6.16. The van der Waals surface area contributed by atoms with Gasteiger partial charge in [0.15, 0.2) is 5.13 Å². The molecule has 3 aromatic rings. The molecule has 34 heavy (non-hydrogen) atoms. The zero-order chi connectivity index (χ0) is 23.8. The Morgan fingerprint density at radius 2 is 1.94 bits per heavy atom. The van der Waals surface area contributed by atoms with Gasteiger partial charge in [-0.1, -0.05) is 11.3 Å². The van der Waals surface area contributed by atoms with Gasteiger partial charge in [0.2, 0.25) is 5.91 Å². The van der Waals surface area contributed by atoms with Gasteiger partial charge in [0.1, 0.15) is 5.75 Å². The normalized spacial score (nSPS) is 14.4. The largest absolute Gasteiger partial charge is 0.497 e. The number of benzene rings is 2. The molecule has 1 amide bonds. The number of methoxy groups -OCH3 is 1. The lowest BCUT2D eigenvalue weighted by molar-refractivity contribution is -0.118. The monoisotopic (exact) mass is 517 g/mol. The predicted molar refractivity (Wildman–Crippen MR) is 144 cm³/mol. The van der Waals surface area contributed by atoms with Crippen LogP contribution in [0.15, 0.2) is 52.3 Å². The Morgan fingerprint density at radius 3 is 2.68 bits per heavy atom. The topological polar surface area (TPSA) is 54.9 Å². The maximum absolute atomic E-state index is 13.3. The van der Waals surface area contributed by atoms with Crippen molar-refractivity contribution < 1.29 is 14.3 Å². The molecule has 182 valence electrons. The van der Waals surface area contributed by atoms with Crippen molar-refractivity contribution in [1.29, 1.82) is 0 Å². The van der Waals surface area contributed by atoms with Crippen LogP contribution < -0.4 is 9.64 Å².